The molecule has 5 aliphatic heterocycles. The molecule has 17 nitrogen and oxygen atoms in total. The summed E-state index contributed by atoms with van der Waals surface area (Å²) >= 11 is 1.60. The van der Waals surface area contributed by atoms with Crippen LogP contribution in [0.2, 0.25) is 0 Å². The Labute approximate surface area is 407 Å². The molecule has 69 heavy (non-hydrogen) atoms. The third-order valence-corrected chi connectivity index (χ3v) is 16.1. The predicted octanol–water partition coefficient (Wildman–Crippen LogP) is 5.38. The topological polar surface area (TPSA) is 189 Å². The highest BCUT2D eigenvalue weighted by Crippen LogP contribution is 2.38. The highest BCUT2D eigenvalue weighted by molar-refractivity contribution is 7.13. The molecule has 4 fully saturated rings. The van der Waals surface area contributed by atoms with Crippen molar-refractivity contribution in [3.05, 3.63) is 83.2 Å². The SMILES string of the molecule is Cc1ncsc1-c1ccc([C@H](C)NC(=O)[C@@H]2C[C@@H](O)CN2C(=O)[C@@H](c2cc(OCCN3CC[C@@H](N4CCC(N5CCN6c7cc(-c8ccccc8O)nnc7NC[C@H]6C5)CC4)C3)no2)C(C)C)cc1. The van der Waals surface area contributed by atoms with Gasteiger partial charge < -0.3 is 39.9 Å². The lowest BCUT2D eigenvalue weighted by atomic mass is 9.91. The molecule has 2 aromatic carbocycles. The number of carbonyl (C=O) groups excluding carboxylic acids is 2. The average Bonchev–Trinajstić information content (AvgIpc) is 4.20. The van der Waals surface area contributed by atoms with E-state index in [-0.39, 0.29) is 42.5 Å². The van der Waals surface area contributed by atoms with Crippen molar-refractivity contribution in [2.75, 3.05) is 82.3 Å². The number of ether oxygens (including phenoxy) is 1. The number of para-hydroxylation sites is 1. The van der Waals surface area contributed by atoms with Crippen LogP contribution in [-0.4, -0.2) is 164 Å². The maximum absolute atomic E-state index is 14.3. The number of carbonyl (C=O) groups is 2. The van der Waals surface area contributed by atoms with Gasteiger partial charge in [0.25, 0.3) is 5.88 Å². The molecule has 4 N–H and O–H groups in total. The van der Waals surface area contributed by atoms with Gasteiger partial charge >= 0.3 is 0 Å². The first-order valence-electron chi connectivity index (χ1n) is 24.7. The molecule has 0 saturated carbocycles. The van der Waals surface area contributed by atoms with Gasteiger partial charge in [0.2, 0.25) is 11.8 Å². The van der Waals surface area contributed by atoms with E-state index in [0.717, 1.165) is 98.5 Å². The van der Waals surface area contributed by atoms with E-state index < -0.39 is 18.1 Å². The molecule has 2 amide bonds. The number of aromatic hydroxyl groups is 1. The van der Waals surface area contributed by atoms with Crippen LogP contribution in [0.5, 0.6) is 11.6 Å². The Morgan fingerprint density at radius 3 is 2.49 bits per heavy atom. The van der Waals surface area contributed by atoms with Crippen LogP contribution in [0.4, 0.5) is 11.5 Å². The Balaban J connectivity index is 0.669. The van der Waals surface area contributed by atoms with Gasteiger partial charge in [-0.1, -0.05) is 50.2 Å². The van der Waals surface area contributed by atoms with Gasteiger partial charge in [0, 0.05) is 75.9 Å². The number of thiazole rings is 1. The van der Waals surface area contributed by atoms with Gasteiger partial charge in [0.05, 0.1) is 45.7 Å². The Morgan fingerprint density at radius 1 is 0.928 bits per heavy atom. The fraction of sp³-hybridized carbons (Fsp3) is 0.529. The number of nitrogens with zero attached hydrogens (tertiary/aromatic N) is 9. The summed E-state index contributed by atoms with van der Waals surface area (Å²) in [5.74, 6) is 0.299. The highest BCUT2D eigenvalue weighted by atomic mass is 32.1. The van der Waals surface area contributed by atoms with Crippen LogP contribution in [0.1, 0.15) is 75.4 Å². The van der Waals surface area contributed by atoms with E-state index in [2.05, 4.69) is 56.6 Å². The minimum absolute atomic E-state index is 0.0664. The molecule has 366 valence electrons. The first-order chi connectivity index (χ1) is 33.5. The van der Waals surface area contributed by atoms with E-state index in [1.165, 1.54) is 17.7 Å². The average molecular weight is 960 g/mol. The van der Waals surface area contributed by atoms with Crippen molar-refractivity contribution < 1.29 is 29.1 Å². The number of β-amino-alcohol motifs (C(OH)–C–C–N with tert-alkyl or cyclic N) is 1. The van der Waals surface area contributed by atoms with Crippen molar-refractivity contribution >= 4 is 34.7 Å². The number of aliphatic hydroxyl groups excluding tert-OH is 1. The zero-order valence-electron chi connectivity index (χ0n) is 40.0. The Hall–Kier alpha value is -5.66. The monoisotopic (exact) mass is 959 g/mol. The fourth-order valence-corrected chi connectivity index (χ4v) is 12.1. The largest absolute Gasteiger partial charge is 0.507 e. The Kier molecular flexibility index (Phi) is 13.9. The number of likely N-dealkylation sites (tertiary alicyclic amines) is 3. The third kappa shape index (κ3) is 10.0. The second-order valence-corrected chi connectivity index (χ2v) is 20.7. The van der Waals surface area contributed by atoms with Crippen LogP contribution in [0.15, 0.2) is 70.7 Å². The van der Waals surface area contributed by atoms with Crippen molar-refractivity contribution in [1.82, 2.24) is 45.3 Å². The number of amides is 2. The van der Waals surface area contributed by atoms with Gasteiger partial charge in [0.15, 0.2) is 11.6 Å². The molecule has 18 heteroatoms. The molecule has 0 radical (unpaired) electrons. The van der Waals surface area contributed by atoms with E-state index in [9.17, 15) is 19.8 Å². The number of nitrogens with one attached hydrogen (secondary N) is 2. The predicted molar refractivity (Wildman–Crippen MR) is 264 cm³/mol. The maximum atomic E-state index is 14.3. The number of piperazine rings is 1. The van der Waals surface area contributed by atoms with E-state index >= 15 is 0 Å². The smallest absolute Gasteiger partial charge is 0.254 e. The van der Waals surface area contributed by atoms with E-state index in [1.807, 2.05) is 75.7 Å². The van der Waals surface area contributed by atoms with Crippen LogP contribution in [0.3, 0.4) is 0 Å². The second-order valence-electron chi connectivity index (χ2n) is 19.9. The maximum Gasteiger partial charge on any atom is 0.254 e. The van der Waals surface area contributed by atoms with Crippen molar-refractivity contribution in [3.63, 3.8) is 0 Å². The van der Waals surface area contributed by atoms with Crippen LogP contribution in [0.25, 0.3) is 21.7 Å². The zero-order chi connectivity index (χ0) is 47.8. The number of fused-ring (bicyclic) bond motifs is 3. The molecule has 0 unspecified atom stereocenters. The minimum atomic E-state index is -0.816. The number of phenols is 1. The number of aryl methyl sites for hydroxylation is 1. The fourth-order valence-electron chi connectivity index (χ4n) is 11.3. The van der Waals surface area contributed by atoms with Crippen LogP contribution in [-0.2, 0) is 9.59 Å². The van der Waals surface area contributed by atoms with Crippen molar-refractivity contribution in [2.45, 2.75) is 95.6 Å². The first-order valence-corrected chi connectivity index (χ1v) is 25.6. The van der Waals surface area contributed by atoms with Crippen molar-refractivity contribution in [3.8, 4) is 33.3 Å². The summed E-state index contributed by atoms with van der Waals surface area (Å²) in [6.45, 7) is 17.1. The molecular formula is C51H65N11O6S. The third-order valence-electron chi connectivity index (χ3n) is 15.1. The number of benzene rings is 2. The van der Waals surface area contributed by atoms with E-state index in [4.69, 9.17) is 9.26 Å². The normalized spacial score (nSPS) is 23.4. The van der Waals surface area contributed by atoms with E-state index in [1.54, 1.807) is 23.5 Å². The number of phenolic OH excluding ortho intramolecular Hbond substituents is 1. The minimum Gasteiger partial charge on any atom is -0.507 e. The van der Waals surface area contributed by atoms with Crippen molar-refractivity contribution in [1.29, 1.82) is 0 Å². The number of anilines is 2. The zero-order valence-corrected chi connectivity index (χ0v) is 40.9. The molecule has 5 aliphatic rings. The standard InChI is InChI=1S/C51H65N11O6S/c1-31(2)47(51(66)62-29-39(63)23-43(62)50(65)54-32(3)34-9-11-35(12-10-34)48-33(4)53-30-69-48)45-25-46(57-68-45)67-22-21-58-16-13-37(27-58)59-17-14-36(15-18-59)60-19-20-61-38(28-60)26-52-49-42(61)24-41(55-56-49)40-7-5-6-8-44(40)64/h5-12,24-25,30-32,36-39,43,47,63-64H,13-23,26-29H2,1-4H3,(H,52,56)(H,54,65)/t32-,37+,38-,39+,43-,47+/m0/s1. The number of piperidine rings is 1. The lowest BCUT2D eigenvalue weighted by Crippen LogP contribution is -2.61. The molecule has 0 aliphatic carbocycles. The lowest BCUT2D eigenvalue weighted by Gasteiger charge is -2.49. The number of aromatic nitrogens is 4. The second kappa shape index (κ2) is 20.4. The molecule has 8 heterocycles. The summed E-state index contributed by atoms with van der Waals surface area (Å²) in [4.78, 5) is 45.3. The number of hydrogen-bond acceptors (Lipinski definition) is 16. The summed E-state index contributed by atoms with van der Waals surface area (Å²) in [7, 11) is 0. The van der Waals surface area contributed by atoms with Gasteiger partial charge in [-0.25, -0.2) is 4.98 Å². The van der Waals surface area contributed by atoms with Gasteiger partial charge in [-0.05, 0) is 93.1 Å². The van der Waals surface area contributed by atoms with Crippen LogP contribution >= 0.6 is 11.3 Å². The summed E-state index contributed by atoms with van der Waals surface area (Å²) in [5, 5.41) is 40.9. The van der Waals surface area contributed by atoms with Crippen molar-refractivity contribution in [2.24, 2.45) is 5.92 Å². The van der Waals surface area contributed by atoms with Gasteiger partial charge in [-0.15, -0.1) is 21.5 Å². The molecule has 10 rings (SSSR count). The van der Waals surface area contributed by atoms with Crippen LogP contribution in [0, 0.1) is 12.8 Å². The molecule has 3 aromatic heterocycles. The molecular weight excluding hydrogens is 895 g/mol. The van der Waals surface area contributed by atoms with Gasteiger partial charge in [-0.2, -0.15) is 0 Å². The van der Waals surface area contributed by atoms with Gasteiger partial charge in [-0.3, -0.25) is 24.3 Å². The summed E-state index contributed by atoms with van der Waals surface area (Å²) < 4.78 is 11.9. The summed E-state index contributed by atoms with van der Waals surface area (Å²) in [5.41, 5.74) is 7.28. The molecule has 6 atom stereocenters. The number of hydrogen-bond donors (Lipinski definition) is 4. The molecule has 0 bridgehead atoms. The first kappa shape index (κ1) is 47.0. The lowest BCUT2D eigenvalue weighted by molar-refractivity contribution is -0.141. The Bertz CT molecular complexity index is 2580. The number of rotatable bonds is 14. The molecule has 0 spiro atoms. The molecule has 5 aromatic rings. The Morgan fingerprint density at radius 2 is 1.72 bits per heavy atom. The highest BCUT2D eigenvalue weighted by Gasteiger charge is 2.44. The van der Waals surface area contributed by atoms with E-state index in [0.29, 0.717) is 47.6 Å². The van der Waals surface area contributed by atoms with Crippen LogP contribution < -0.4 is 20.3 Å². The molecule has 4 saturated heterocycles. The summed E-state index contributed by atoms with van der Waals surface area (Å²) in [6, 6.07) is 19.5. The quantitative estimate of drug-likeness (QED) is 0.111. The number of aliphatic hydroxyl groups is 1. The van der Waals surface area contributed by atoms with Gasteiger partial charge in [0.1, 0.15) is 24.3 Å². The summed E-state index contributed by atoms with van der Waals surface area (Å²) in [6.07, 6.45) is 2.82.